The highest BCUT2D eigenvalue weighted by molar-refractivity contribution is 6.07. The predicted octanol–water partition coefficient (Wildman–Crippen LogP) is 4.20. The standard InChI is InChI=1S/C18H16F2O4/c1-22-14-5-3-4-12(10-14)6-8-15(21)13-7-9-16(24-18(19)20)17(11-13)23-2/h3-11,18H,1-2H3/b8-6+. The Hall–Kier alpha value is -2.89. The summed E-state index contributed by atoms with van der Waals surface area (Å²) in [7, 11) is 2.87. The summed E-state index contributed by atoms with van der Waals surface area (Å²) in [5, 5.41) is 0. The van der Waals surface area contributed by atoms with Crippen LogP contribution in [-0.4, -0.2) is 26.6 Å². The molecule has 0 saturated heterocycles. The van der Waals surface area contributed by atoms with Gasteiger partial charge in [-0.1, -0.05) is 18.2 Å². The molecule has 0 amide bonds. The zero-order valence-corrected chi connectivity index (χ0v) is 13.2. The zero-order valence-electron chi connectivity index (χ0n) is 13.2. The van der Waals surface area contributed by atoms with E-state index in [1.54, 1.807) is 25.3 Å². The second-order valence-corrected chi connectivity index (χ2v) is 4.72. The molecular weight excluding hydrogens is 318 g/mol. The monoisotopic (exact) mass is 334 g/mol. The van der Waals surface area contributed by atoms with E-state index < -0.39 is 6.61 Å². The van der Waals surface area contributed by atoms with Gasteiger partial charge in [-0.25, -0.2) is 0 Å². The molecule has 0 spiro atoms. The van der Waals surface area contributed by atoms with Gasteiger partial charge in [0.1, 0.15) is 5.75 Å². The van der Waals surface area contributed by atoms with Crippen molar-refractivity contribution < 1.29 is 27.8 Å². The molecular formula is C18H16F2O4. The van der Waals surface area contributed by atoms with E-state index in [1.165, 1.54) is 31.4 Å². The summed E-state index contributed by atoms with van der Waals surface area (Å²) in [6, 6.07) is 11.2. The summed E-state index contributed by atoms with van der Waals surface area (Å²) in [5.41, 5.74) is 1.10. The number of alkyl halides is 2. The van der Waals surface area contributed by atoms with Crippen molar-refractivity contribution in [2.45, 2.75) is 6.61 Å². The van der Waals surface area contributed by atoms with E-state index in [0.29, 0.717) is 11.3 Å². The summed E-state index contributed by atoms with van der Waals surface area (Å²) in [6.45, 7) is -2.96. The van der Waals surface area contributed by atoms with Crippen molar-refractivity contribution >= 4 is 11.9 Å². The van der Waals surface area contributed by atoms with Crippen LogP contribution in [0.4, 0.5) is 8.78 Å². The van der Waals surface area contributed by atoms with Gasteiger partial charge in [0, 0.05) is 5.56 Å². The lowest BCUT2D eigenvalue weighted by Gasteiger charge is -2.10. The molecule has 0 heterocycles. The van der Waals surface area contributed by atoms with Crippen molar-refractivity contribution in [1.82, 2.24) is 0 Å². The maximum Gasteiger partial charge on any atom is 0.387 e. The molecule has 0 aliphatic heterocycles. The summed E-state index contributed by atoms with van der Waals surface area (Å²) < 4.78 is 39.0. The number of benzene rings is 2. The maximum absolute atomic E-state index is 12.3. The van der Waals surface area contributed by atoms with Gasteiger partial charge in [0.25, 0.3) is 0 Å². The van der Waals surface area contributed by atoms with E-state index >= 15 is 0 Å². The fourth-order valence-corrected chi connectivity index (χ4v) is 2.03. The minimum absolute atomic E-state index is 0.0657. The molecule has 2 aromatic rings. The van der Waals surface area contributed by atoms with Crippen LogP contribution in [-0.2, 0) is 0 Å². The third-order valence-corrected chi connectivity index (χ3v) is 3.19. The fraction of sp³-hybridized carbons (Fsp3) is 0.167. The number of hydrogen-bond donors (Lipinski definition) is 0. The first kappa shape index (κ1) is 17.5. The average molecular weight is 334 g/mol. The summed E-state index contributed by atoms with van der Waals surface area (Å²) in [6.07, 6.45) is 3.03. The number of carbonyl (C=O) groups is 1. The number of halogens is 2. The number of rotatable bonds is 7. The van der Waals surface area contributed by atoms with Crippen molar-refractivity contribution in [2.75, 3.05) is 14.2 Å². The minimum Gasteiger partial charge on any atom is -0.497 e. The van der Waals surface area contributed by atoms with Crippen molar-refractivity contribution in [2.24, 2.45) is 0 Å². The number of hydrogen-bond acceptors (Lipinski definition) is 4. The molecule has 0 aliphatic carbocycles. The van der Waals surface area contributed by atoms with Gasteiger partial charge in [0.05, 0.1) is 14.2 Å². The molecule has 0 atom stereocenters. The number of carbonyl (C=O) groups excluding carboxylic acids is 1. The van der Waals surface area contributed by atoms with Gasteiger partial charge in [-0.2, -0.15) is 8.78 Å². The Morgan fingerprint density at radius 1 is 1.04 bits per heavy atom. The highest BCUT2D eigenvalue weighted by Crippen LogP contribution is 2.29. The summed E-state index contributed by atoms with van der Waals surface area (Å²) in [4.78, 5) is 12.2. The first-order valence-corrected chi connectivity index (χ1v) is 7.03. The highest BCUT2D eigenvalue weighted by atomic mass is 19.3. The van der Waals surface area contributed by atoms with Crippen LogP contribution >= 0.6 is 0 Å². The van der Waals surface area contributed by atoms with Crippen LogP contribution in [0.25, 0.3) is 6.08 Å². The number of ketones is 1. The predicted molar refractivity (Wildman–Crippen MR) is 86.0 cm³/mol. The molecule has 6 heteroatoms. The molecule has 126 valence electrons. The molecule has 0 aliphatic rings. The lowest BCUT2D eigenvalue weighted by atomic mass is 10.1. The summed E-state index contributed by atoms with van der Waals surface area (Å²) in [5.74, 6) is 0.330. The Morgan fingerprint density at radius 2 is 1.83 bits per heavy atom. The lowest BCUT2D eigenvalue weighted by molar-refractivity contribution is -0.0512. The molecule has 4 nitrogen and oxygen atoms in total. The average Bonchev–Trinajstić information content (AvgIpc) is 2.59. The molecule has 0 fully saturated rings. The fourth-order valence-electron chi connectivity index (χ4n) is 2.03. The van der Waals surface area contributed by atoms with Gasteiger partial charge in [0.15, 0.2) is 17.3 Å². The number of methoxy groups -OCH3 is 2. The molecule has 0 aromatic heterocycles. The van der Waals surface area contributed by atoms with Gasteiger partial charge in [0.2, 0.25) is 0 Å². The normalized spacial score (nSPS) is 10.9. The Morgan fingerprint density at radius 3 is 2.50 bits per heavy atom. The first-order chi connectivity index (χ1) is 11.5. The van der Waals surface area contributed by atoms with Gasteiger partial charge < -0.3 is 14.2 Å². The first-order valence-electron chi connectivity index (χ1n) is 7.03. The topological polar surface area (TPSA) is 44.8 Å². The van der Waals surface area contributed by atoms with Gasteiger partial charge in [-0.3, -0.25) is 4.79 Å². The van der Waals surface area contributed by atoms with E-state index in [4.69, 9.17) is 9.47 Å². The van der Waals surface area contributed by atoms with Crippen LogP contribution in [0.1, 0.15) is 15.9 Å². The van der Waals surface area contributed by atoms with Crippen molar-refractivity contribution in [3.63, 3.8) is 0 Å². The Bertz CT molecular complexity index is 742. The van der Waals surface area contributed by atoms with E-state index in [2.05, 4.69) is 4.74 Å². The maximum atomic E-state index is 12.3. The van der Waals surface area contributed by atoms with Crippen LogP contribution in [0.15, 0.2) is 48.5 Å². The third kappa shape index (κ3) is 4.55. The van der Waals surface area contributed by atoms with Crippen molar-refractivity contribution in [3.8, 4) is 17.2 Å². The second-order valence-electron chi connectivity index (χ2n) is 4.72. The smallest absolute Gasteiger partial charge is 0.387 e. The Kier molecular flexibility index (Phi) is 5.89. The van der Waals surface area contributed by atoms with Crippen LogP contribution in [0.5, 0.6) is 17.2 Å². The Balaban J connectivity index is 2.18. The van der Waals surface area contributed by atoms with Gasteiger partial charge in [-0.15, -0.1) is 0 Å². The van der Waals surface area contributed by atoms with Gasteiger partial charge in [-0.05, 0) is 42.0 Å². The molecule has 0 bridgehead atoms. The quantitative estimate of drug-likeness (QED) is 0.562. The van der Waals surface area contributed by atoms with E-state index in [0.717, 1.165) is 5.56 Å². The van der Waals surface area contributed by atoms with E-state index in [9.17, 15) is 13.6 Å². The zero-order chi connectivity index (χ0) is 17.5. The molecule has 0 saturated carbocycles. The molecule has 2 aromatic carbocycles. The molecule has 0 radical (unpaired) electrons. The summed E-state index contributed by atoms with van der Waals surface area (Å²) >= 11 is 0. The number of allylic oxidation sites excluding steroid dienone is 1. The molecule has 2 rings (SSSR count). The minimum atomic E-state index is -2.96. The van der Waals surface area contributed by atoms with E-state index in [-0.39, 0.29) is 17.3 Å². The second kappa shape index (κ2) is 8.10. The van der Waals surface area contributed by atoms with Crippen LogP contribution < -0.4 is 14.2 Å². The molecule has 0 unspecified atom stereocenters. The lowest BCUT2D eigenvalue weighted by Crippen LogP contribution is -2.04. The SMILES string of the molecule is COc1cccc(/C=C/C(=O)c2ccc(OC(F)F)c(OC)c2)c1. The highest BCUT2D eigenvalue weighted by Gasteiger charge is 2.13. The largest absolute Gasteiger partial charge is 0.497 e. The molecule has 24 heavy (non-hydrogen) atoms. The molecule has 0 N–H and O–H groups in total. The number of ether oxygens (including phenoxy) is 3. The Labute approximate surface area is 138 Å². The van der Waals surface area contributed by atoms with Crippen molar-refractivity contribution in [1.29, 1.82) is 0 Å². The van der Waals surface area contributed by atoms with Crippen LogP contribution in [0, 0.1) is 0 Å². The third-order valence-electron chi connectivity index (χ3n) is 3.19. The van der Waals surface area contributed by atoms with Crippen molar-refractivity contribution in [3.05, 3.63) is 59.7 Å². The van der Waals surface area contributed by atoms with E-state index in [1.807, 2.05) is 12.1 Å². The van der Waals surface area contributed by atoms with Crippen LogP contribution in [0.3, 0.4) is 0 Å². The van der Waals surface area contributed by atoms with Crippen LogP contribution in [0.2, 0.25) is 0 Å². The van der Waals surface area contributed by atoms with Gasteiger partial charge >= 0.3 is 6.61 Å².